The molecule has 0 radical (unpaired) electrons. The maximum Gasteiger partial charge on any atom is 0.229 e. The van der Waals surface area contributed by atoms with E-state index in [9.17, 15) is 14.4 Å². The largest absolute Gasteiger partial charge is 0.339 e. The first-order chi connectivity index (χ1) is 12.1. The number of hydrogen-bond acceptors (Lipinski definition) is 3. The summed E-state index contributed by atoms with van der Waals surface area (Å²) in [5.41, 5.74) is 1.28. The fourth-order valence-corrected chi connectivity index (χ4v) is 4.17. The number of rotatable bonds is 6. The van der Waals surface area contributed by atoms with Gasteiger partial charge in [0.15, 0.2) is 0 Å². The van der Waals surface area contributed by atoms with Gasteiger partial charge in [-0.15, -0.1) is 0 Å². The molecule has 25 heavy (non-hydrogen) atoms. The summed E-state index contributed by atoms with van der Waals surface area (Å²) < 4.78 is 0. The minimum absolute atomic E-state index is 0.0596. The minimum Gasteiger partial charge on any atom is -0.339 e. The first-order valence-corrected chi connectivity index (χ1v) is 9.29. The Hall–Kier alpha value is -2.17. The average molecular weight is 342 g/mol. The molecule has 2 fully saturated rings. The van der Waals surface area contributed by atoms with E-state index in [-0.39, 0.29) is 49.6 Å². The molecule has 2 aliphatic rings. The Morgan fingerprint density at radius 3 is 2.48 bits per heavy atom. The third kappa shape index (κ3) is 3.75. The highest BCUT2D eigenvalue weighted by molar-refractivity contribution is 6.02. The summed E-state index contributed by atoms with van der Waals surface area (Å²) in [6.07, 6.45) is 3.82. The molecule has 0 spiro atoms. The van der Waals surface area contributed by atoms with Gasteiger partial charge in [0.25, 0.3) is 0 Å². The number of carbonyl (C=O) groups is 3. The van der Waals surface area contributed by atoms with Crippen LogP contribution in [-0.4, -0.2) is 46.7 Å². The zero-order chi connectivity index (χ0) is 17.8. The molecule has 2 saturated heterocycles. The molecular weight excluding hydrogens is 316 g/mol. The highest BCUT2D eigenvalue weighted by atomic mass is 16.2. The maximum atomic E-state index is 12.8. The zero-order valence-corrected chi connectivity index (χ0v) is 14.8. The van der Waals surface area contributed by atoms with Crippen LogP contribution in [0.15, 0.2) is 30.3 Å². The number of benzene rings is 1. The molecule has 1 aromatic carbocycles. The van der Waals surface area contributed by atoms with E-state index in [1.807, 2.05) is 23.1 Å². The van der Waals surface area contributed by atoms with E-state index < -0.39 is 0 Å². The fourth-order valence-electron chi connectivity index (χ4n) is 4.17. The second-order valence-corrected chi connectivity index (χ2v) is 6.91. The molecule has 0 N–H and O–H groups in total. The fraction of sp³-hybridized carbons (Fsp3) is 0.550. The van der Waals surface area contributed by atoms with Crippen LogP contribution in [-0.2, 0) is 14.4 Å². The van der Waals surface area contributed by atoms with Crippen LogP contribution >= 0.6 is 0 Å². The van der Waals surface area contributed by atoms with Gasteiger partial charge in [0.2, 0.25) is 17.7 Å². The zero-order valence-electron chi connectivity index (χ0n) is 14.8. The van der Waals surface area contributed by atoms with Gasteiger partial charge in [-0.05, 0) is 24.8 Å². The molecule has 134 valence electrons. The van der Waals surface area contributed by atoms with E-state index >= 15 is 0 Å². The number of nitrogens with zero attached hydrogens (tertiary/aromatic N) is 2. The predicted molar refractivity (Wildman–Crippen MR) is 94.8 cm³/mol. The SMILES string of the molecule is CC[C@H](c1ccccc1)[C@H]1CCCN1C(=O)CCN1C(=O)CCC1=O. The van der Waals surface area contributed by atoms with Crippen LogP contribution in [0.25, 0.3) is 0 Å². The lowest BCUT2D eigenvalue weighted by atomic mass is 9.87. The Morgan fingerprint density at radius 1 is 1.16 bits per heavy atom. The van der Waals surface area contributed by atoms with Crippen molar-refractivity contribution in [2.45, 2.75) is 57.4 Å². The highest BCUT2D eigenvalue weighted by Gasteiger charge is 2.35. The predicted octanol–water partition coefficient (Wildman–Crippen LogP) is 2.71. The van der Waals surface area contributed by atoms with Crippen molar-refractivity contribution in [2.24, 2.45) is 0 Å². The first kappa shape index (κ1) is 17.6. The van der Waals surface area contributed by atoms with Crippen molar-refractivity contribution in [1.29, 1.82) is 0 Å². The Kier molecular flexibility index (Phi) is 5.51. The third-order valence-corrected chi connectivity index (χ3v) is 5.46. The number of amides is 3. The van der Waals surface area contributed by atoms with Gasteiger partial charge in [0.1, 0.15) is 0 Å². The summed E-state index contributed by atoms with van der Waals surface area (Å²) in [6, 6.07) is 10.6. The minimum atomic E-state index is -0.147. The lowest BCUT2D eigenvalue weighted by molar-refractivity contribution is -0.139. The number of carbonyl (C=O) groups excluding carboxylic acids is 3. The van der Waals surface area contributed by atoms with Gasteiger partial charge in [-0.25, -0.2) is 0 Å². The second-order valence-electron chi connectivity index (χ2n) is 6.91. The van der Waals surface area contributed by atoms with Gasteiger partial charge in [0.05, 0.1) is 0 Å². The van der Waals surface area contributed by atoms with Crippen molar-refractivity contribution in [1.82, 2.24) is 9.80 Å². The van der Waals surface area contributed by atoms with E-state index in [2.05, 4.69) is 19.1 Å². The molecule has 1 aromatic rings. The summed E-state index contributed by atoms with van der Waals surface area (Å²) >= 11 is 0. The van der Waals surface area contributed by atoms with Crippen LogP contribution in [0.5, 0.6) is 0 Å². The van der Waals surface area contributed by atoms with Gasteiger partial charge >= 0.3 is 0 Å². The van der Waals surface area contributed by atoms with Gasteiger partial charge in [-0.3, -0.25) is 19.3 Å². The Bertz CT molecular complexity index is 628. The van der Waals surface area contributed by atoms with Crippen molar-refractivity contribution < 1.29 is 14.4 Å². The van der Waals surface area contributed by atoms with Crippen molar-refractivity contribution in [3.63, 3.8) is 0 Å². The molecule has 5 heteroatoms. The van der Waals surface area contributed by atoms with Gasteiger partial charge in [-0.2, -0.15) is 0 Å². The van der Waals surface area contributed by atoms with E-state index in [0.717, 1.165) is 25.8 Å². The van der Waals surface area contributed by atoms with Crippen LogP contribution in [0.1, 0.15) is 56.9 Å². The standard InChI is InChI=1S/C20H26N2O3/c1-2-16(15-7-4-3-5-8-15)17-9-6-13-21(17)20(25)12-14-22-18(23)10-11-19(22)24/h3-5,7-8,16-17H,2,6,9-14H2,1H3/t16-,17-/m1/s1. The summed E-state index contributed by atoms with van der Waals surface area (Å²) in [7, 11) is 0. The molecule has 0 aliphatic carbocycles. The van der Waals surface area contributed by atoms with Crippen molar-refractivity contribution in [2.75, 3.05) is 13.1 Å². The summed E-state index contributed by atoms with van der Waals surface area (Å²) in [4.78, 5) is 39.4. The molecule has 2 atom stereocenters. The summed E-state index contributed by atoms with van der Waals surface area (Å²) in [5.74, 6) is 0.102. The number of likely N-dealkylation sites (tertiary alicyclic amines) is 2. The molecule has 0 bridgehead atoms. The first-order valence-electron chi connectivity index (χ1n) is 9.29. The Morgan fingerprint density at radius 2 is 1.84 bits per heavy atom. The molecule has 0 saturated carbocycles. The quantitative estimate of drug-likeness (QED) is 0.747. The van der Waals surface area contributed by atoms with Crippen molar-refractivity contribution in [3.8, 4) is 0 Å². The monoisotopic (exact) mass is 342 g/mol. The van der Waals surface area contributed by atoms with E-state index in [4.69, 9.17) is 0 Å². The van der Waals surface area contributed by atoms with Crippen molar-refractivity contribution >= 4 is 17.7 Å². The van der Waals surface area contributed by atoms with Gasteiger partial charge in [0, 0.05) is 44.3 Å². The van der Waals surface area contributed by atoms with Crippen LogP contribution < -0.4 is 0 Å². The summed E-state index contributed by atoms with van der Waals surface area (Å²) in [5, 5.41) is 0. The Balaban J connectivity index is 1.65. The molecule has 5 nitrogen and oxygen atoms in total. The van der Waals surface area contributed by atoms with Crippen LogP contribution in [0.2, 0.25) is 0 Å². The van der Waals surface area contributed by atoms with E-state index in [1.54, 1.807) is 0 Å². The third-order valence-electron chi connectivity index (χ3n) is 5.46. The maximum absolute atomic E-state index is 12.8. The Labute approximate surface area is 149 Å². The molecule has 0 unspecified atom stereocenters. The average Bonchev–Trinajstić information content (AvgIpc) is 3.22. The van der Waals surface area contributed by atoms with Crippen LogP contribution in [0.4, 0.5) is 0 Å². The van der Waals surface area contributed by atoms with Gasteiger partial charge < -0.3 is 4.90 Å². The number of hydrogen-bond donors (Lipinski definition) is 0. The normalized spacial score (nSPS) is 21.9. The lowest BCUT2D eigenvalue weighted by Gasteiger charge is -2.32. The van der Waals surface area contributed by atoms with Crippen LogP contribution in [0, 0.1) is 0 Å². The molecular formula is C20H26N2O3. The molecule has 0 aromatic heterocycles. The molecule has 3 rings (SSSR count). The van der Waals surface area contributed by atoms with Gasteiger partial charge in [-0.1, -0.05) is 37.3 Å². The molecule has 2 aliphatic heterocycles. The number of imide groups is 1. The van der Waals surface area contributed by atoms with Crippen LogP contribution in [0.3, 0.4) is 0 Å². The van der Waals surface area contributed by atoms with E-state index in [1.165, 1.54) is 10.5 Å². The smallest absolute Gasteiger partial charge is 0.229 e. The van der Waals surface area contributed by atoms with E-state index in [0.29, 0.717) is 5.92 Å². The topological polar surface area (TPSA) is 57.7 Å². The summed E-state index contributed by atoms with van der Waals surface area (Å²) in [6.45, 7) is 3.16. The molecule has 3 amide bonds. The highest BCUT2D eigenvalue weighted by Crippen LogP contribution is 2.34. The van der Waals surface area contributed by atoms with Crippen molar-refractivity contribution in [3.05, 3.63) is 35.9 Å². The second kappa shape index (κ2) is 7.81. The lowest BCUT2D eigenvalue weighted by Crippen LogP contribution is -2.41. The molecule has 2 heterocycles.